The molecule has 1 amide bonds. The first-order valence-corrected chi connectivity index (χ1v) is 5.13. The van der Waals surface area contributed by atoms with Gasteiger partial charge in [0.2, 0.25) is 5.91 Å². The molecule has 0 aliphatic heterocycles. The molecule has 0 radical (unpaired) electrons. The number of carbonyl (C=O) groups excluding carboxylic acids is 1. The summed E-state index contributed by atoms with van der Waals surface area (Å²) in [5, 5.41) is 9.18. The van der Waals surface area contributed by atoms with Gasteiger partial charge >= 0.3 is 5.97 Å². The standard InChI is InChI=1S/C12H15NO3/c1-3-13(9(2)14)11(12(15)16)10-7-5-4-6-8-10/h4-8,11H,3H2,1-2H3,(H,15,16). The molecule has 0 saturated carbocycles. The third-order valence-corrected chi connectivity index (χ3v) is 2.41. The van der Waals surface area contributed by atoms with Crippen molar-refractivity contribution in [1.82, 2.24) is 4.90 Å². The third-order valence-electron chi connectivity index (χ3n) is 2.41. The van der Waals surface area contributed by atoms with E-state index in [9.17, 15) is 14.7 Å². The molecule has 0 spiro atoms. The fourth-order valence-electron chi connectivity index (χ4n) is 1.68. The largest absolute Gasteiger partial charge is 0.479 e. The second-order valence-corrected chi connectivity index (χ2v) is 3.46. The first-order valence-electron chi connectivity index (χ1n) is 5.13. The molecule has 1 rings (SSSR count). The van der Waals surface area contributed by atoms with E-state index in [1.54, 1.807) is 31.2 Å². The van der Waals surface area contributed by atoms with Gasteiger partial charge in [-0.15, -0.1) is 0 Å². The molecule has 0 aromatic heterocycles. The Morgan fingerprint density at radius 3 is 2.25 bits per heavy atom. The summed E-state index contributed by atoms with van der Waals surface area (Å²) in [6.45, 7) is 3.52. The van der Waals surface area contributed by atoms with Gasteiger partial charge in [0.1, 0.15) is 0 Å². The van der Waals surface area contributed by atoms with Crippen molar-refractivity contribution in [2.75, 3.05) is 6.54 Å². The number of likely N-dealkylation sites (N-methyl/N-ethyl adjacent to an activating group) is 1. The second kappa shape index (κ2) is 5.30. The molecule has 0 fully saturated rings. The lowest BCUT2D eigenvalue weighted by Crippen LogP contribution is -2.37. The number of carboxylic acids is 1. The maximum Gasteiger partial charge on any atom is 0.331 e. The summed E-state index contributed by atoms with van der Waals surface area (Å²) >= 11 is 0. The predicted octanol–water partition coefficient (Wildman–Crippen LogP) is 1.68. The van der Waals surface area contributed by atoms with Crippen molar-refractivity contribution in [3.05, 3.63) is 35.9 Å². The summed E-state index contributed by atoms with van der Waals surface area (Å²) in [6, 6.07) is 7.86. The maximum atomic E-state index is 11.4. The average Bonchev–Trinajstić information content (AvgIpc) is 2.25. The molecule has 16 heavy (non-hydrogen) atoms. The van der Waals surface area contributed by atoms with E-state index in [1.807, 2.05) is 6.07 Å². The zero-order chi connectivity index (χ0) is 12.1. The van der Waals surface area contributed by atoms with Crippen LogP contribution in [-0.2, 0) is 9.59 Å². The number of aliphatic carboxylic acids is 1. The molecule has 4 heteroatoms. The molecule has 1 aromatic carbocycles. The first-order chi connectivity index (χ1) is 7.57. The Morgan fingerprint density at radius 1 is 1.31 bits per heavy atom. The molecule has 1 unspecified atom stereocenters. The minimum absolute atomic E-state index is 0.237. The van der Waals surface area contributed by atoms with E-state index in [0.717, 1.165) is 0 Å². The van der Waals surface area contributed by atoms with E-state index < -0.39 is 12.0 Å². The Bertz CT molecular complexity index is 375. The molecule has 0 bridgehead atoms. The molecular weight excluding hydrogens is 206 g/mol. The molecule has 1 atom stereocenters. The number of carbonyl (C=O) groups is 2. The smallest absolute Gasteiger partial charge is 0.331 e. The molecular formula is C12H15NO3. The summed E-state index contributed by atoms with van der Waals surface area (Å²) in [5.74, 6) is -1.25. The van der Waals surface area contributed by atoms with Crippen molar-refractivity contribution in [3.63, 3.8) is 0 Å². The predicted molar refractivity (Wildman–Crippen MR) is 59.9 cm³/mol. The van der Waals surface area contributed by atoms with Gasteiger partial charge in [-0.3, -0.25) is 4.79 Å². The summed E-state index contributed by atoms with van der Waals surface area (Å²) in [4.78, 5) is 23.9. The average molecular weight is 221 g/mol. The molecule has 4 nitrogen and oxygen atoms in total. The third kappa shape index (κ3) is 2.59. The van der Waals surface area contributed by atoms with Crippen molar-refractivity contribution in [2.24, 2.45) is 0 Å². The molecule has 0 aliphatic carbocycles. The SMILES string of the molecule is CCN(C(C)=O)C(C(=O)O)c1ccccc1. The zero-order valence-corrected chi connectivity index (χ0v) is 9.38. The van der Waals surface area contributed by atoms with Crippen LogP contribution in [0.3, 0.4) is 0 Å². The highest BCUT2D eigenvalue weighted by Gasteiger charge is 2.27. The van der Waals surface area contributed by atoms with Crippen LogP contribution in [0.1, 0.15) is 25.5 Å². The van der Waals surface area contributed by atoms with Gasteiger partial charge in [0.05, 0.1) is 0 Å². The van der Waals surface area contributed by atoms with E-state index in [0.29, 0.717) is 12.1 Å². The van der Waals surface area contributed by atoms with Crippen LogP contribution >= 0.6 is 0 Å². The summed E-state index contributed by atoms with van der Waals surface area (Å²) < 4.78 is 0. The van der Waals surface area contributed by atoms with Gasteiger partial charge in [-0.1, -0.05) is 30.3 Å². The lowest BCUT2D eigenvalue weighted by Gasteiger charge is -2.26. The Balaban J connectivity index is 3.09. The first kappa shape index (κ1) is 12.2. The van der Waals surface area contributed by atoms with E-state index in [-0.39, 0.29) is 5.91 Å². The van der Waals surface area contributed by atoms with Crippen LogP contribution in [0.15, 0.2) is 30.3 Å². The minimum Gasteiger partial charge on any atom is -0.479 e. The van der Waals surface area contributed by atoms with Crippen LogP contribution in [0, 0.1) is 0 Å². The van der Waals surface area contributed by atoms with Crippen LogP contribution in [0.4, 0.5) is 0 Å². The van der Waals surface area contributed by atoms with Crippen LogP contribution in [0.5, 0.6) is 0 Å². The van der Waals surface area contributed by atoms with Gasteiger partial charge in [-0.05, 0) is 12.5 Å². The number of hydrogen-bond acceptors (Lipinski definition) is 2. The highest BCUT2D eigenvalue weighted by atomic mass is 16.4. The van der Waals surface area contributed by atoms with Gasteiger partial charge in [-0.25, -0.2) is 4.79 Å². The monoisotopic (exact) mass is 221 g/mol. The number of rotatable bonds is 4. The molecule has 86 valence electrons. The van der Waals surface area contributed by atoms with Gasteiger partial charge in [0.25, 0.3) is 0 Å². The van der Waals surface area contributed by atoms with E-state index in [4.69, 9.17) is 0 Å². The highest BCUT2D eigenvalue weighted by Crippen LogP contribution is 2.20. The van der Waals surface area contributed by atoms with E-state index in [1.165, 1.54) is 11.8 Å². The van der Waals surface area contributed by atoms with Crippen LogP contribution in [0.2, 0.25) is 0 Å². The zero-order valence-electron chi connectivity index (χ0n) is 9.38. The van der Waals surface area contributed by atoms with Gasteiger partial charge in [0.15, 0.2) is 6.04 Å². The fraction of sp³-hybridized carbons (Fsp3) is 0.333. The summed E-state index contributed by atoms with van der Waals surface area (Å²) in [5.41, 5.74) is 0.618. The number of carboxylic acid groups (broad SMARTS) is 1. The Kier molecular flexibility index (Phi) is 4.05. The second-order valence-electron chi connectivity index (χ2n) is 3.46. The summed E-state index contributed by atoms with van der Waals surface area (Å²) in [6.07, 6.45) is 0. The highest BCUT2D eigenvalue weighted by molar-refractivity contribution is 5.83. The lowest BCUT2D eigenvalue weighted by atomic mass is 10.1. The van der Waals surface area contributed by atoms with Crippen LogP contribution in [0.25, 0.3) is 0 Å². The lowest BCUT2D eigenvalue weighted by molar-refractivity contribution is -0.149. The van der Waals surface area contributed by atoms with Crippen molar-refractivity contribution in [3.8, 4) is 0 Å². The van der Waals surface area contributed by atoms with Gasteiger partial charge < -0.3 is 10.0 Å². The van der Waals surface area contributed by atoms with Gasteiger partial charge in [-0.2, -0.15) is 0 Å². The van der Waals surface area contributed by atoms with Crippen molar-refractivity contribution < 1.29 is 14.7 Å². The molecule has 0 heterocycles. The molecule has 1 aromatic rings. The van der Waals surface area contributed by atoms with Crippen molar-refractivity contribution in [2.45, 2.75) is 19.9 Å². The van der Waals surface area contributed by atoms with Gasteiger partial charge in [0, 0.05) is 13.5 Å². The van der Waals surface area contributed by atoms with Crippen molar-refractivity contribution in [1.29, 1.82) is 0 Å². The normalized spacial score (nSPS) is 11.9. The Hall–Kier alpha value is -1.84. The number of hydrogen-bond donors (Lipinski definition) is 1. The number of amides is 1. The minimum atomic E-state index is -1.01. The fourth-order valence-corrected chi connectivity index (χ4v) is 1.68. The van der Waals surface area contributed by atoms with Crippen LogP contribution in [-0.4, -0.2) is 28.4 Å². The maximum absolute atomic E-state index is 11.4. The molecule has 1 N–H and O–H groups in total. The molecule has 0 aliphatic rings. The van der Waals surface area contributed by atoms with Crippen molar-refractivity contribution >= 4 is 11.9 Å². The summed E-state index contributed by atoms with van der Waals surface area (Å²) in [7, 11) is 0. The van der Waals surface area contributed by atoms with Crippen LogP contribution < -0.4 is 0 Å². The number of nitrogens with zero attached hydrogens (tertiary/aromatic N) is 1. The van der Waals surface area contributed by atoms with E-state index >= 15 is 0 Å². The quantitative estimate of drug-likeness (QED) is 0.841. The topological polar surface area (TPSA) is 57.6 Å². The van der Waals surface area contributed by atoms with E-state index in [2.05, 4.69) is 0 Å². The molecule has 0 saturated heterocycles. The number of benzene rings is 1. The Labute approximate surface area is 94.5 Å². The Morgan fingerprint density at radius 2 is 1.88 bits per heavy atom.